The Balaban J connectivity index is 1.95. The van der Waals surface area contributed by atoms with Crippen LogP contribution < -0.4 is 0 Å². The molecule has 0 radical (unpaired) electrons. The van der Waals surface area contributed by atoms with E-state index in [0.29, 0.717) is 6.42 Å². The zero-order chi connectivity index (χ0) is 15.0. The molecule has 108 valence electrons. The van der Waals surface area contributed by atoms with Crippen molar-refractivity contribution in [3.8, 4) is 0 Å². The third-order valence-corrected chi connectivity index (χ3v) is 6.07. The molecule has 0 amide bonds. The van der Waals surface area contributed by atoms with Gasteiger partial charge in [-0.1, -0.05) is 42.5 Å². The lowest BCUT2D eigenvalue weighted by Crippen LogP contribution is -2.14. The summed E-state index contributed by atoms with van der Waals surface area (Å²) in [6, 6.07) is 15.2. The summed E-state index contributed by atoms with van der Waals surface area (Å²) < 4.78 is 25.3. The summed E-state index contributed by atoms with van der Waals surface area (Å²) in [5.41, 5.74) is 0.829. The van der Waals surface area contributed by atoms with Gasteiger partial charge in [-0.15, -0.1) is 0 Å². The quantitative estimate of drug-likeness (QED) is 0.942. The van der Waals surface area contributed by atoms with E-state index in [9.17, 15) is 13.2 Å². The van der Waals surface area contributed by atoms with Crippen molar-refractivity contribution in [2.24, 2.45) is 0 Å². The second kappa shape index (κ2) is 5.00. The maximum atomic E-state index is 12.6. The Morgan fingerprint density at radius 2 is 1.62 bits per heavy atom. The molecule has 4 nitrogen and oxygen atoms in total. The van der Waals surface area contributed by atoms with Crippen LogP contribution in [-0.2, 0) is 9.84 Å². The molecule has 21 heavy (non-hydrogen) atoms. The second-order valence-electron chi connectivity index (χ2n) is 5.14. The van der Waals surface area contributed by atoms with Crippen molar-refractivity contribution in [3.05, 3.63) is 65.7 Å². The number of carboxylic acid groups (broad SMARTS) is 1. The van der Waals surface area contributed by atoms with Crippen LogP contribution in [0.1, 0.15) is 28.3 Å². The van der Waals surface area contributed by atoms with Crippen LogP contribution in [0.5, 0.6) is 0 Å². The minimum atomic E-state index is -3.62. The van der Waals surface area contributed by atoms with Gasteiger partial charge in [0.1, 0.15) is 0 Å². The number of carbonyl (C=O) groups is 1. The molecule has 1 N–H and O–H groups in total. The van der Waals surface area contributed by atoms with Crippen LogP contribution in [0.25, 0.3) is 0 Å². The summed E-state index contributed by atoms with van der Waals surface area (Å²) in [6.07, 6.45) is 0.542. The van der Waals surface area contributed by atoms with Gasteiger partial charge in [0, 0.05) is 5.92 Å². The Labute approximate surface area is 123 Å². The van der Waals surface area contributed by atoms with Crippen molar-refractivity contribution in [1.82, 2.24) is 0 Å². The van der Waals surface area contributed by atoms with Crippen LogP contribution in [-0.4, -0.2) is 24.7 Å². The third-order valence-electron chi connectivity index (χ3n) is 3.78. The maximum Gasteiger partial charge on any atom is 0.337 e. The molecule has 2 aromatic rings. The molecule has 0 aliphatic heterocycles. The van der Waals surface area contributed by atoms with E-state index in [2.05, 4.69) is 0 Å². The van der Waals surface area contributed by atoms with E-state index in [1.807, 2.05) is 30.3 Å². The van der Waals surface area contributed by atoms with Crippen LogP contribution in [0.4, 0.5) is 0 Å². The monoisotopic (exact) mass is 302 g/mol. The normalized spacial score (nSPS) is 21.0. The Hall–Kier alpha value is -2.14. The molecule has 2 aromatic carbocycles. The third kappa shape index (κ3) is 2.45. The van der Waals surface area contributed by atoms with E-state index in [1.165, 1.54) is 18.2 Å². The second-order valence-corrected chi connectivity index (χ2v) is 7.27. The minimum Gasteiger partial charge on any atom is -0.478 e. The van der Waals surface area contributed by atoms with Gasteiger partial charge in [0.25, 0.3) is 0 Å². The number of benzene rings is 2. The molecule has 1 aliphatic carbocycles. The SMILES string of the molecule is O=C(O)c1ccccc1S(=O)(=O)C1CC1c1ccccc1. The summed E-state index contributed by atoms with van der Waals surface area (Å²) in [6.45, 7) is 0. The lowest BCUT2D eigenvalue weighted by Gasteiger charge is -2.07. The molecule has 3 rings (SSSR count). The van der Waals surface area contributed by atoms with Crippen LogP contribution in [0.15, 0.2) is 59.5 Å². The zero-order valence-corrected chi connectivity index (χ0v) is 12.0. The van der Waals surface area contributed by atoms with Crippen LogP contribution >= 0.6 is 0 Å². The van der Waals surface area contributed by atoms with Gasteiger partial charge in [0.15, 0.2) is 9.84 Å². The molecule has 2 atom stereocenters. The minimum absolute atomic E-state index is 0.0435. The van der Waals surface area contributed by atoms with E-state index in [1.54, 1.807) is 6.07 Å². The first kappa shape index (κ1) is 13.8. The van der Waals surface area contributed by atoms with Gasteiger partial charge >= 0.3 is 5.97 Å². The molecular weight excluding hydrogens is 288 g/mol. The highest BCUT2D eigenvalue weighted by Crippen LogP contribution is 2.48. The average molecular weight is 302 g/mol. The van der Waals surface area contributed by atoms with E-state index >= 15 is 0 Å². The Morgan fingerprint density at radius 3 is 2.29 bits per heavy atom. The highest BCUT2D eigenvalue weighted by atomic mass is 32.2. The lowest BCUT2D eigenvalue weighted by atomic mass is 10.1. The predicted octanol–water partition coefficient (Wildman–Crippen LogP) is 2.71. The molecule has 5 heteroatoms. The highest BCUT2D eigenvalue weighted by molar-refractivity contribution is 7.92. The largest absolute Gasteiger partial charge is 0.478 e. The summed E-state index contributed by atoms with van der Waals surface area (Å²) in [5, 5.41) is 8.62. The van der Waals surface area contributed by atoms with Gasteiger partial charge in [0.2, 0.25) is 0 Å². The van der Waals surface area contributed by atoms with Crippen molar-refractivity contribution in [3.63, 3.8) is 0 Å². The fourth-order valence-corrected chi connectivity index (χ4v) is 4.73. The van der Waals surface area contributed by atoms with Gasteiger partial charge in [-0.05, 0) is 24.1 Å². The fourth-order valence-electron chi connectivity index (χ4n) is 2.62. The van der Waals surface area contributed by atoms with Crippen LogP contribution in [0, 0.1) is 0 Å². The van der Waals surface area contributed by atoms with Crippen molar-refractivity contribution >= 4 is 15.8 Å². The van der Waals surface area contributed by atoms with Gasteiger partial charge in [-0.25, -0.2) is 13.2 Å². The van der Waals surface area contributed by atoms with Gasteiger partial charge < -0.3 is 5.11 Å². The van der Waals surface area contributed by atoms with E-state index in [4.69, 9.17) is 5.11 Å². The van der Waals surface area contributed by atoms with Crippen LogP contribution in [0.2, 0.25) is 0 Å². The highest BCUT2D eigenvalue weighted by Gasteiger charge is 2.49. The number of sulfone groups is 1. The van der Waals surface area contributed by atoms with Crippen molar-refractivity contribution in [2.45, 2.75) is 22.5 Å². The predicted molar refractivity (Wildman–Crippen MR) is 78.2 cm³/mol. The molecule has 2 unspecified atom stereocenters. The lowest BCUT2D eigenvalue weighted by molar-refractivity contribution is 0.0692. The molecular formula is C16H14O4S. The van der Waals surface area contributed by atoms with Crippen molar-refractivity contribution < 1.29 is 18.3 Å². The molecule has 1 fully saturated rings. The van der Waals surface area contributed by atoms with Gasteiger partial charge in [-0.2, -0.15) is 0 Å². The zero-order valence-electron chi connectivity index (χ0n) is 11.1. The molecule has 0 saturated heterocycles. The summed E-state index contributed by atoms with van der Waals surface area (Å²) >= 11 is 0. The summed E-state index contributed by atoms with van der Waals surface area (Å²) in [5.74, 6) is -1.26. The number of aromatic carboxylic acids is 1. The van der Waals surface area contributed by atoms with Crippen molar-refractivity contribution in [2.75, 3.05) is 0 Å². The van der Waals surface area contributed by atoms with E-state index < -0.39 is 21.1 Å². The molecule has 0 aromatic heterocycles. The Bertz CT molecular complexity index is 781. The Morgan fingerprint density at radius 1 is 1.00 bits per heavy atom. The summed E-state index contributed by atoms with van der Waals surface area (Å²) in [4.78, 5) is 11.1. The van der Waals surface area contributed by atoms with E-state index in [-0.39, 0.29) is 16.4 Å². The van der Waals surface area contributed by atoms with Gasteiger partial charge in [0.05, 0.1) is 15.7 Å². The Kier molecular flexibility index (Phi) is 3.29. The van der Waals surface area contributed by atoms with E-state index in [0.717, 1.165) is 5.56 Å². The first-order chi connectivity index (χ1) is 10.0. The number of hydrogen-bond donors (Lipinski definition) is 1. The fraction of sp³-hybridized carbons (Fsp3) is 0.188. The summed E-state index contributed by atoms with van der Waals surface area (Å²) in [7, 11) is -3.62. The first-order valence-corrected chi connectivity index (χ1v) is 8.17. The molecule has 0 spiro atoms. The van der Waals surface area contributed by atoms with Crippen LogP contribution in [0.3, 0.4) is 0 Å². The van der Waals surface area contributed by atoms with Crippen molar-refractivity contribution in [1.29, 1.82) is 0 Å². The van der Waals surface area contributed by atoms with Gasteiger partial charge in [-0.3, -0.25) is 0 Å². The number of hydrogen-bond acceptors (Lipinski definition) is 3. The standard InChI is InChI=1S/C16H14O4S/c17-16(18)12-8-4-5-9-14(12)21(19,20)15-10-13(15)11-6-2-1-3-7-11/h1-9,13,15H,10H2,(H,17,18). The number of rotatable bonds is 4. The first-order valence-electron chi connectivity index (χ1n) is 6.63. The molecule has 1 saturated carbocycles. The smallest absolute Gasteiger partial charge is 0.337 e. The maximum absolute atomic E-state index is 12.6. The molecule has 0 bridgehead atoms. The number of carboxylic acids is 1. The molecule has 1 aliphatic rings. The average Bonchev–Trinajstić information content (AvgIpc) is 3.29. The topological polar surface area (TPSA) is 71.4 Å². The molecule has 0 heterocycles.